The van der Waals surface area contributed by atoms with Crippen LogP contribution in [0.3, 0.4) is 0 Å². The van der Waals surface area contributed by atoms with Gasteiger partial charge in [0, 0.05) is 11.3 Å². The lowest BCUT2D eigenvalue weighted by atomic mass is 10.0. The number of anilines is 1. The van der Waals surface area contributed by atoms with Crippen LogP contribution in [0.25, 0.3) is 11.4 Å². The fourth-order valence-electron chi connectivity index (χ4n) is 2.98. The predicted octanol–water partition coefficient (Wildman–Crippen LogP) is 4.30. The van der Waals surface area contributed by atoms with Crippen LogP contribution in [0.5, 0.6) is 5.75 Å². The molecule has 158 valence electrons. The number of nitrogens with zero attached hydrogens (tertiary/aromatic N) is 3. The Kier molecular flexibility index (Phi) is 6.99. The number of thioether (sulfide) groups is 1. The van der Waals surface area contributed by atoms with Crippen molar-refractivity contribution in [2.24, 2.45) is 0 Å². The van der Waals surface area contributed by atoms with Gasteiger partial charge in [0.25, 0.3) is 0 Å². The molecule has 0 bridgehead atoms. The second kappa shape index (κ2) is 9.67. The van der Waals surface area contributed by atoms with E-state index in [4.69, 9.17) is 10.6 Å². The van der Waals surface area contributed by atoms with E-state index in [-0.39, 0.29) is 5.91 Å². The van der Waals surface area contributed by atoms with Crippen LogP contribution >= 0.6 is 11.8 Å². The van der Waals surface area contributed by atoms with Gasteiger partial charge in [0.1, 0.15) is 5.75 Å². The summed E-state index contributed by atoms with van der Waals surface area (Å²) in [6, 6.07) is 15.3. The van der Waals surface area contributed by atoms with Gasteiger partial charge in [0.2, 0.25) is 11.1 Å². The average molecular weight is 426 g/mol. The highest BCUT2D eigenvalue weighted by Gasteiger charge is 2.21. The van der Waals surface area contributed by atoms with E-state index in [0.717, 1.165) is 22.6 Å². The first-order valence-corrected chi connectivity index (χ1v) is 10.8. The van der Waals surface area contributed by atoms with Crippen molar-refractivity contribution in [1.29, 1.82) is 0 Å². The summed E-state index contributed by atoms with van der Waals surface area (Å²) in [7, 11) is 0. The molecule has 1 aromatic heterocycles. The zero-order valence-corrected chi connectivity index (χ0v) is 18.4. The quantitative estimate of drug-likeness (QED) is 0.413. The van der Waals surface area contributed by atoms with Gasteiger partial charge in [0.05, 0.1) is 11.9 Å². The van der Waals surface area contributed by atoms with Gasteiger partial charge in [-0.15, -0.1) is 10.2 Å². The number of hydrogen-bond acceptors (Lipinski definition) is 6. The van der Waals surface area contributed by atoms with Crippen LogP contribution in [0.4, 0.5) is 5.69 Å². The Bertz CT molecular complexity index is 1000. The number of para-hydroxylation sites is 1. The van der Waals surface area contributed by atoms with Crippen LogP contribution in [-0.4, -0.2) is 32.6 Å². The summed E-state index contributed by atoms with van der Waals surface area (Å²) in [4.78, 5) is 12.7. The van der Waals surface area contributed by atoms with Crippen molar-refractivity contribution in [3.8, 4) is 17.1 Å². The topological polar surface area (TPSA) is 95.1 Å². The third-order valence-corrected chi connectivity index (χ3v) is 5.64. The summed E-state index contributed by atoms with van der Waals surface area (Å²) in [6.07, 6.45) is 0. The van der Waals surface area contributed by atoms with Crippen LogP contribution < -0.4 is 15.9 Å². The summed E-state index contributed by atoms with van der Waals surface area (Å²) in [5.41, 5.74) is 2.75. The second-order valence-electron chi connectivity index (χ2n) is 7.12. The molecule has 0 aliphatic carbocycles. The van der Waals surface area contributed by atoms with Crippen molar-refractivity contribution in [2.45, 2.75) is 44.0 Å². The molecule has 3 rings (SSSR count). The molecule has 0 saturated carbocycles. The lowest BCUT2D eigenvalue weighted by Crippen LogP contribution is -2.24. The standard InChI is InChI=1S/C22H27N5O2S/c1-5-29-17-12-10-16(11-13-17)20-25-26-22(27(20)23)30-15(4)21(28)24-19-9-7-6-8-18(19)14(2)3/h6-15H,5,23H2,1-4H3,(H,24,28)/t15-/m1/s1. The van der Waals surface area contributed by atoms with E-state index in [2.05, 4.69) is 29.4 Å². The number of ether oxygens (including phenoxy) is 1. The lowest BCUT2D eigenvalue weighted by molar-refractivity contribution is -0.115. The molecule has 0 radical (unpaired) electrons. The molecule has 2 aromatic carbocycles. The summed E-state index contributed by atoms with van der Waals surface area (Å²) >= 11 is 1.27. The zero-order valence-electron chi connectivity index (χ0n) is 17.6. The van der Waals surface area contributed by atoms with Crippen molar-refractivity contribution in [3.63, 3.8) is 0 Å². The number of amides is 1. The number of hydrogen-bond donors (Lipinski definition) is 2. The summed E-state index contributed by atoms with van der Waals surface area (Å²) in [5, 5.41) is 11.4. The minimum Gasteiger partial charge on any atom is -0.494 e. The van der Waals surface area contributed by atoms with Gasteiger partial charge in [-0.05, 0) is 55.7 Å². The van der Waals surface area contributed by atoms with E-state index >= 15 is 0 Å². The molecule has 0 aliphatic rings. The van der Waals surface area contributed by atoms with Gasteiger partial charge in [-0.1, -0.05) is 43.8 Å². The minimum atomic E-state index is -0.398. The molecule has 0 fully saturated rings. The molecule has 8 heteroatoms. The maximum absolute atomic E-state index is 12.7. The molecule has 0 saturated heterocycles. The molecule has 0 spiro atoms. The van der Waals surface area contributed by atoms with Crippen molar-refractivity contribution < 1.29 is 9.53 Å². The maximum Gasteiger partial charge on any atom is 0.237 e. The van der Waals surface area contributed by atoms with Gasteiger partial charge >= 0.3 is 0 Å². The molecule has 3 N–H and O–H groups in total. The Balaban J connectivity index is 1.70. The molecular formula is C22H27N5O2S. The molecular weight excluding hydrogens is 398 g/mol. The number of carbonyl (C=O) groups excluding carboxylic acids is 1. The van der Waals surface area contributed by atoms with E-state index in [1.165, 1.54) is 16.4 Å². The molecule has 1 amide bonds. The van der Waals surface area contributed by atoms with Gasteiger partial charge in [0.15, 0.2) is 5.82 Å². The highest BCUT2D eigenvalue weighted by atomic mass is 32.2. The number of rotatable bonds is 8. The van der Waals surface area contributed by atoms with Crippen molar-refractivity contribution in [1.82, 2.24) is 14.9 Å². The average Bonchev–Trinajstić information content (AvgIpc) is 3.09. The van der Waals surface area contributed by atoms with Crippen LogP contribution in [0.1, 0.15) is 39.2 Å². The monoisotopic (exact) mass is 425 g/mol. The Morgan fingerprint density at radius 1 is 1.13 bits per heavy atom. The normalized spacial score (nSPS) is 12.0. The van der Waals surface area contributed by atoms with E-state index in [1.807, 2.05) is 62.4 Å². The van der Waals surface area contributed by atoms with Gasteiger partial charge in [-0.2, -0.15) is 0 Å². The number of aromatic nitrogens is 3. The fraction of sp³-hybridized carbons (Fsp3) is 0.318. The Hall–Kier alpha value is -3.00. The van der Waals surface area contributed by atoms with Gasteiger partial charge < -0.3 is 15.9 Å². The second-order valence-corrected chi connectivity index (χ2v) is 8.43. The van der Waals surface area contributed by atoms with E-state index < -0.39 is 5.25 Å². The minimum absolute atomic E-state index is 0.112. The highest BCUT2D eigenvalue weighted by molar-refractivity contribution is 8.00. The lowest BCUT2D eigenvalue weighted by Gasteiger charge is -2.16. The molecule has 0 aliphatic heterocycles. The summed E-state index contributed by atoms with van der Waals surface area (Å²) < 4.78 is 6.87. The van der Waals surface area contributed by atoms with Crippen LogP contribution in [0, 0.1) is 0 Å². The van der Waals surface area contributed by atoms with Crippen LogP contribution in [0.15, 0.2) is 53.7 Å². The molecule has 1 heterocycles. The number of nitrogens with two attached hydrogens (primary N) is 1. The van der Waals surface area contributed by atoms with E-state index in [1.54, 1.807) is 0 Å². The first-order chi connectivity index (χ1) is 14.4. The highest BCUT2D eigenvalue weighted by Crippen LogP contribution is 2.28. The third kappa shape index (κ3) is 4.94. The Morgan fingerprint density at radius 2 is 1.83 bits per heavy atom. The largest absolute Gasteiger partial charge is 0.494 e. The third-order valence-electron chi connectivity index (χ3n) is 4.58. The van der Waals surface area contributed by atoms with E-state index in [0.29, 0.717) is 23.5 Å². The number of nitrogens with one attached hydrogen (secondary N) is 1. The number of benzene rings is 2. The molecule has 7 nitrogen and oxygen atoms in total. The number of nitrogen functional groups attached to an aromatic ring is 1. The number of carbonyl (C=O) groups is 1. The van der Waals surface area contributed by atoms with Crippen molar-refractivity contribution in [3.05, 3.63) is 54.1 Å². The van der Waals surface area contributed by atoms with Crippen molar-refractivity contribution >= 4 is 23.4 Å². The van der Waals surface area contributed by atoms with Crippen LogP contribution in [-0.2, 0) is 4.79 Å². The fourth-order valence-corrected chi connectivity index (χ4v) is 3.75. The molecule has 30 heavy (non-hydrogen) atoms. The first-order valence-electron chi connectivity index (χ1n) is 9.90. The Morgan fingerprint density at radius 3 is 2.50 bits per heavy atom. The summed E-state index contributed by atoms with van der Waals surface area (Å²) in [6.45, 7) is 8.57. The Labute approximate surface area is 181 Å². The van der Waals surface area contributed by atoms with E-state index in [9.17, 15) is 4.79 Å². The van der Waals surface area contributed by atoms with Gasteiger partial charge in [-0.25, -0.2) is 4.68 Å². The smallest absolute Gasteiger partial charge is 0.237 e. The molecule has 3 aromatic rings. The van der Waals surface area contributed by atoms with Crippen LogP contribution in [0.2, 0.25) is 0 Å². The SMILES string of the molecule is CCOc1ccc(-c2nnc(S[C@H](C)C(=O)Nc3ccccc3C(C)C)n2N)cc1. The molecule has 1 atom stereocenters. The predicted molar refractivity (Wildman–Crippen MR) is 121 cm³/mol. The van der Waals surface area contributed by atoms with Gasteiger partial charge in [-0.3, -0.25) is 4.79 Å². The first kappa shape index (κ1) is 21.7. The molecule has 0 unspecified atom stereocenters. The van der Waals surface area contributed by atoms with Crippen molar-refractivity contribution in [2.75, 3.05) is 17.8 Å². The summed E-state index contributed by atoms with van der Waals surface area (Å²) in [5.74, 6) is 7.72. The zero-order chi connectivity index (χ0) is 21.7. The maximum atomic E-state index is 12.7.